The molecular weight excluding hydrogens is 266 g/mol. The van der Waals surface area contributed by atoms with Gasteiger partial charge in [-0.2, -0.15) is 0 Å². The van der Waals surface area contributed by atoms with Gasteiger partial charge in [-0.25, -0.2) is 0 Å². The number of hydrogen-bond acceptors (Lipinski definition) is 1. The van der Waals surface area contributed by atoms with Gasteiger partial charge in [-0.05, 0) is 56.5 Å². The van der Waals surface area contributed by atoms with Gasteiger partial charge >= 0.3 is 0 Å². The van der Waals surface area contributed by atoms with Gasteiger partial charge in [0.2, 0.25) is 0 Å². The third kappa shape index (κ3) is 2.19. The van der Waals surface area contributed by atoms with Crippen LogP contribution in [0, 0.1) is 19.8 Å². The number of likely N-dealkylation sites (tertiary alicyclic amines) is 1. The zero-order chi connectivity index (χ0) is 15.3. The highest BCUT2D eigenvalue weighted by atomic mass is 15.1. The number of aryl methyl sites for hydroxylation is 2. The minimum atomic E-state index is 0.592. The van der Waals surface area contributed by atoms with Gasteiger partial charge in [-0.3, -0.25) is 0 Å². The fourth-order valence-corrected chi connectivity index (χ4v) is 4.59. The molecule has 0 spiro atoms. The lowest BCUT2D eigenvalue weighted by Crippen LogP contribution is -2.36. The first-order valence-corrected chi connectivity index (χ1v) is 8.49. The molecule has 114 valence electrons. The minimum absolute atomic E-state index is 0.592. The van der Waals surface area contributed by atoms with Gasteiger partial charge in [-0.1, -0.05) is 53.6 Å². The van der Waals surface area contributed by atoms with Crippen molar-refractivity contribution in [1.82, 2.24) is 4.90 Å². The van der Waals surface area contributed by atoms with Crippen molar-refractivity contribution in [2.75, 3.05) is 20.1 Å². The van der Waals surface area contributed by atoms with Crippen LogP contribution >= 0.6 is 0 Å². The summed E-state index contributed by atoms with van der Waals surface area (Å²) in [6.07, 6.45) is 1.31. The maximum absolute atomic E-state index is 2.50. The van der Waals surface area contributed by atoms with Crippen molar-refractivity contribution in [3.05, 3.63) is 70.3 Å². The zero-order valence-electron chi connectivity index (χ0n) is 13.8. The highest BCUT2D eigenvalue weighted by Crippen LogP contribution is 2.53. The molecule has 1 heterocycles. The molecule has 2 aromatic rings. The van der Waals surface area contributed by atoms with Crippen molar-refractivity contribution in [2.45, 2.75) is 32.1 Å². The van der Waals surface area contributed by atoms with E-state index in [1.54, 1.807) is 11.1 Å². The first-order chi connectivity index (χ1) is 10.6. The van der Waals surface area contributed by atoms with E-state index in [1.165, 1.54) is 36.2 Å². The molecule has 2 aliphatic rings. The van der Waals surface area contributed by atoms with E-state index in [0.29, 0.717) is 11.8 Å². The molecule has 1 fully saturated rings. The van der Waals surface area contributed by atoms with E-state index >= 15 is 0 Å². The van der Waals surface area contributed by atoms with E-state index in [1.807, 2.05) is 0 Å². The van der Waals surface area contributed by atoms with Crippen LogP contribution < -0.4 is 0 Å². The monoisotopic (exact) mass is 291 g/mol. The summed E-state index contributed by atoms with van der Waals surface area (Å²) in [6.45, 7) is 6.84. The van der Waals surface area contributed by atoms with Crippen molar-refractivity contribution < 1.29 is 0 Å². The maximum Gasteiger partial charge on any atom is 0.0127 e. The number of piperidine rings is 1. The second-order valence-corrected chi connectivity index (χ2v) is 7.34. The molecule has 0 aromatic heterocycles. The Morgan fingerprint density at radius 1 is 0.909 bits per heavy atom. The van der Waals surface area contributed by atoms with Gasteiger partial charge in [0.05, 0.1) is 0 Å². The molecule has 0 saturated carbocycles. The third-order valence-electron chi connectivity index (χ3n) is 5.71. The fourth-order valence-electron chi connectivity index (χ4n) is 4.59. The van der Waals surface area contributed by atoms with E-state index in [9.17, 15) is 0 Å². The molecule has 3 atom stereocenters. The first-order valence-electron chi connectivity index (χ1n) is 8.49. The molecular formula is C21H25N. The predicted octanol–water partition coefficient (Wildman–Crippen LogP) is 4.48. The Bertz CT molecular complexity index is 686. The van der Waals surface area contributed by atoms with Crippen LogP contribution in [-0.2, 0) is 0 Å². The second-order valence-electron chi connectivity index (χ2n) is 7.34. The second kappa shape index (κ2) is 5.24. The molecule has 1 aliphatic heterocycles. The van der Waals surface area contributed by atoms with Crippen LogP contribution in [0.2, 0.25) is 0 Å². The van der Waals surface area contributed by atoms with Gasteiger partial charge in [0, 0.05) is 18.4 Å². The van der Waals surface area contributed by atoms with Gasteiger partial charge in [0.15, 0.2) is 0 Å². The number of hydrogen-bond donors (Lipinski definition) is 0. The summed E-state index contributed by atoms with van der Waals surface area (Å²) in [5.41, 5.74) is 7.45. The smallest absolute Gasteiger partial charge is 0.0127 e. The average Bonchev–Trinajstić information content (AvgIpc) is 2.81. The number of nitrogens with zero attached hydrogens (tertiary/aromatic N) is 1. The number of rotatable bonds is 1. The summed E-state index contributed by atoms with van der Waals surface area (Å²) in [6, 6.07) is 16.4. The fraction of sp³-hybridized carbons (Fsp3) is 0.429. The Morgan fingerprint density at radius 2 is 1.64 bits per heavy atom. The van der Waals surface area contributed by atoms with E-state index in [-0.39, 0.29) is 0 Å². The van der Waals surface area contributed by atoms with Crippen LogP contribution in [0.15, 0.2) is 42.5 Å². The van der Waals surface area contributed by atoms with Crippen molar-refractivity contribution in [3.63, 3.8) is 0 Å². The topological polar surface area (TPSA) is 3.24 Å². The predicted molar refractivity (Wildman–Crippen MR) is 92.5 cm³/mol. The lowest BCUT2D eigenvalue weighted by molar-refractivity contribution is 0.191. The van der Waals surface area contributed by atoms with Gasteiger partial charge < -0.3 is 4.90 Å². The van der Waals surface area contributed by atoms with Crippen molar-refractivity contribution >= 4 is 0 Å². The van der Waals surface area contributed by atoms with Crippen LogP contribution in [0.25, 0.3) is 0 Å². The summed E-state index contributed by atoms with van der Waals surface area (Å²) in [4.78, 5) is 2.50. The molecule has 1 heteroatoms. The SMILES string of the molecule is Cc1ccc([C@H]2c3cc(C)ccc3[C@@H]3CN(C)CC[C@H]23)cc1. The van der Waals surface area contributed by atoms with Gasteiger partial charge in [0.25, 0.3) is 0 Å². The van der Waals surface area contributed by atoms with Crippen molar-refractivity contribution in [2.24, 2.45) is 5.92 Å². The molecule has 4 rings (SSSR count). The third-order valence-corrected chi connectivity index (χ3v) is 5.71. The van der Waals surface area contributed by atoms with Crippen LogP contribution in [0.1, 0.15) is 46.1 Å². The Labute approximate surface area is 134 Å². The van der Waals surface area contributed by atoms with Crippen LogP contribution in [0.4, 0.5) is 0 Å². The van der Waals surface area contributed by atoms with Crippen LogP contribution in [0.5, 0.6) is 0 Å². The molecule has 1 aliphatic carbocycles. The largest absolute Gasteiger partial charge is 0.306 e. The molecule has 0 unspecified atom stereocenters. The maximum atomic E-state index is 2.50. The molecule has 0 amide bonds. The normalized spacial score (nSPS) is 27.5. The molecule has 0 N–H and O–H groups in total. The lowest BCUT2D eigenvalue weighted by atomic mass is 9.78. The molecule has 0 radical (unpaired) electrons. The lowest BCUT2D eigenvalue weighted by Gasteiger charge is -2.35. The molecule has 2 aromatic carbocycles. The standard InChI is InChI=1S/C21H25N/c1-14-4-7-16(8-5-14)21-18-10-11-22(3)13-20(18)17-9-6-15(2)12-19(17)21/h4-9,12,18,20-21H,10-11,13H2,1-3H3/t18-,20-,21+/m0/s1. The highest BCUT2D eigenvalue weighted by molar-refractivity contribution is 5.48. The van der Waals surface area contributed by atoms with Crippen molar-refractivity contribution in [3.8, 4) is 0 Å². The van der Waals surface area contributed by atoms with Gasteiger partial charge in [-0.15, -0.1) is 0 Å². The van der Waals surface area contributed by atoms with E-state index in [0.717, 1.165) is 5.92 Å². The Hall–Kier alpha value is -1.60. The van der Waals surface area contributed by atoms with E-state index in [4.69, 9.17) is 0 Å². The van der Waals surface area contributed by atoms with Crippen molar-refractivity contribution in [1.29, 1.82) is 0 Å². The minimum Gasteiger partial charge on any atom is -0.306 e. The first kappa shape index (κ1) is 14.0. The molecule has 0 bridgehead atoms. The summed E-state index contributed by atoms with van der Waals surface area (Å²) in [5, 5.41) is 0. The quantitative estimate of drug-likeness (QED) is 0.748. The number of likely N-dealkylation sites (N-methyl/N-ethyl adjacent to an activating group) is 1. The van der Waals surface area contributed by atoms with Gasteiger partial charge in [0.1, 0.15) is 0 Å². The zero-order valence-corrected chi connectivity index (χ0v) is 13.8. The summed E-state index contributed by atoms with van der Waals surface area (Å²) >= 11 is 0. The Balaban J connectivity index is 1.83. The van der Waals surface area contributed by atoms with E-state index < -0.39 is 0 Å². The highest BCUT2D eigenvalue weighted by Gasteiger charge is 2.43. The summed E-state index contributed by atoms with van der Waals surface area (Å²) < 4.78 is 0. The van der Waals surface area contributed by atoms with Crippen LogP contribution in [-0.4, -0.2) is 25.0 Å². The number of benzene rings is 2. The Kier molecular flexibility index (Phi) is 3.34. The van der Waals surface area contributed by atoms with E-state index in [2.05, 4.69) is 68.3 Å². The number of fused-ring (bicyclic) bond motifs is 3. The summed E-state index contributed by atoms with van der Waals surface area (Å²) in [7, 11) is 2.27. The average molecular weight is 291 g/mol. The summed E-state index contributed by atoms with van der Waals surface area (Å²) in [5.74, 6) is 2.07. The molecule has 1 saturated heterocycles. The molecule has 1 nitrogen and oxygen atoms in total. The Morgan fingerprint density at radius 3 is 2.41 bits per heavy atom. The van der Waals surface area contributed by atoms with Crippen LogP contribution in [0.3, 0.4) is 0 Å². The molecule has 22 heavy (non-hydrogen) atoms.